The zero-order chi connectivity index (χ0) is 17.9. The highest BCUT2D eigenvalue weighted by atomic mass is 79.9. The van der Waals surface area contributed by atoms with E-state index in [1.54, 1.807) is 0 Å². The molecule has 6 nitrogen and oxygen atoms in total. The van der Waals surface area contributed by atoms with E-state index in [9.17, 15) is 18.0 Å². The first kappa shape index (κ1) is 18.8. The molecule has 0 spiro atoms. The molecule has 2 rings (SSSR count). The topological polar surface area (TPSA) is 72.7 Å². The first-order chi connectivity index (χ1) is 11.2. The highest BCUT2D eigenvalue weighted by Crippen LogP contribution is 2.34. The van der Waals surface area contributed by atoms with Gasteiger partial charge in [0, 0.05) is 6.20 Å². The maximum absolute atomic E-state index is 12.9. The Morgan fingerprint density at radius 1 is 1.33 bits per heavy atom. The lowest BCUT2D eigenvalue weighted by molar-refractivity contribution is -0.142. The van der Waals surface area contributed by atoms with E-state index >= 15 is 0 Å². The maximum Gasteiger partial charge on any atom is 0.436 e. The molecule has 0 saturated heterocycles. The van der Waals surface area contributed by atoms with Gasteiger partial charge in [-0.3, -0.25) is 9.48 Å². The number of rotatable bonds is 5. The van der Waals surface area contributed by atoms with E-state index in [-0.39, 0.29) is 10.3 Å². The van der Waals surface area contributed by atoms with Crippen molar-refractivity contribution < 1.29 is 18.0 Å². The van der Waals surface area contributed by atoms with Crippen LogP contribution in [0.3, 0.4) is 0 Å². The molecule has 0 radical (unpaired) electrons. The van der Waals surface area contributed by atoms with Gasteiger partial charge in [-0.05, 0) is 38.3 Å². The van der Waals surface area contributed by atoms with Crippen LogP contribution in [0.15, 0.2) is 27.7 Å². The largest absolute Gasteiger partial charge is 0.436 e. The molecule has 0 saturated carbocycles. The van der Waals surface area contributed by atoms with E-state index in [1.807, 2.05) is 6.92 Å². The normalized spacial score (nSPS) is 12.9. The number of aromatic nitrogens is 4. The van der Waals surface area contributed by atoms with E-state index in [2.05, 4.69) is 52.2 Å². The average Bonchev–Trinajstić information content (AvgIpc) is 2.88. The van der Waals surface area contributed by atoms with Gasteiger partial charge in [0.15, 0.2) is 11.5 Å². The van der Waals surface area contributed by atoms with Gasteiger partial charge in [0.25, 0.3) is 0 Å². The van der Waals surface area contributed by atoms with Crippen LogP contribution in [0, 0.1) is 0 Å². The van der Waals surface area contributed by atoms with E-state index < -0.39 is 23.8 Å². The first-order valence-electron chi connectivity index (χ1n) is 6.82. The van der Waals surface area contributed by atoms with Gasteiger partial charge in [0.05, 0.1) is 16.9 Å². The Kier molecular flexibility index (Phi) is 5.97. The van der Waals surface area contributed by atoms with E-state index in [1.165, 1.54) is 12.4 Å². The van der Waals surface area contributed by atoms with Crippen LogP contribution in [0.25, 0.3) is 0 Å². The van der Waals surface area contributed by atoms with Crippen LogP contribution in [-0.4, -0.2) is 25.7 Å². The summed E-state index contributed by atoms with van der Waals surface area (Å²) >= 11 is 5.95. The monoisotopic (exact) mass is 469 g/mol. The number of amides is 1. The van der Waals surface area contributed by atoms with Crippen LogP contribution >= 0.6 is 31.9 Å². The van der Waals surface area contributed by atoms with Crippen LogP contribution in [0.4, 0.5) is 19.0 Å². The summed E-state index contributed by atoms with van der Waals surface area (Å²) in [6.07, 6.45) is 0.191. The molecule has 2 aromatic heterocycles. The Balaban J connectivity index is 2.25. The molecule has 0 aliphatic rings. The molecule has 0 fully saturated rings. The molecule has 2 heterocycles. The van der Waals surface area contributed by atoms with Crippen molar-refractivity contribution in [2.75, 3.05) is 5.32 Å². The van der Waals surface area contributed by atoms with Gasteiger partial charge in [0.2, 0.25) is 5.91 Å². The number of hydrogen-bond donors (Lipinski definition) is 1. The molecule has 0 aliphatic heterocycles. The molecule has 24 heavy (non-hydrogen) atoms. The zero-order valence-corrected chi connectivity index (χ0v) is 15.5. The molecule has 0 aliphatic carbocycles. The second kappa shape index (κ2) is 7.60. The van der Waals surface area contributed by atoms with Gasteiger partial charge in [-0.25, -0.2) is 9.97 Å². The van der Waals surface area contributed by atoms with E-state index in [4.69, 9.17) is 0 Å². The summed E-state index contributed by atoms with van der Waals surface area (Å²) in [5.74, 6) is -0.316. The SMILES string of the molecule is CCCC(C(=O)Nc1cnc(Br)cn1)n1cc(Br)c(C(F)(F)F)n1. The number of anilines is 1. The molecular weight excluding hydrogens is 459 g/mol. The molecule has 0 aromatic carbocycles. The summed E-state index contributed by atoms with van der Waals surface area (Å²) < 4.78 is 39.9. The van der Waals surface area contributed by atoms with Crippen molar-refractivity contribution in [3.8, 4) is 0 Å². The molecular formula is C13H12Br2F3N5O. The van der Waals surface area contributed by atoms with Crippen LogP contribution in [0.2, 0.25) is 0 Å². The lowest BCUT2D eigenvalue weighted by atomic mass is 10.1. The third-order valence-corrected chi connectivity index (χ3v) is 4.00. The predicted octanol–water partition coefficient (Wildman–Crippen LogP) is 4.20. The first-order valence-corrected chi connectivity index (χ1v) is 8.41. The zero-order valence-electron chi connectivity index (χ0n) is 12.3. The summed E-state index contributed by atoms with van der Waals surface area (Å²) in [7, 11) is 0. The fraction of sp³-hybridized carbons (Fsp3) is 0.385. The fourth-order valence-electron chi connectivity index (χ4n) is 1.96. The van der Waals surface area contributed by atoms with Crippen molar-refractivity contribution in [1.29, 1.82) is 0 Å². The minimum atomic E-state index is -4.60. The number of nitrogens with zero attached hydrogens (tertiary/aromatic N) is 4. The highest BCUT2D eigenvalue weighted by molar-refractivity contribution is 9.10. The Bertz CT molecular complexity index is 717. The maximum atomic E-state index is 12.9. The molecule has 11 heteroatoms. The quantitative estimate of drug-likeness (QED) is 0.710. The minimum absolute atomic E-state index is 0.201. The lowest BCUT2D eigenvalue weighted by Gasteiger charge is -2.16. The standard InChI is InChI=1S/C13H12Br2F3N5O/c1-2-3-8(12(24)21-10-5-19-9(15)4-20-10)23-6-7(14)11(22-23)13(16,17)18/h4-6,8H,2-3H2,1H3,(H,20,21,24). The van der Waals surface area contributed by atoms with Crippen molar-refractivity contribution in [2.45, 2.75) is 32.0 Å². The van der Waals surface area contributed by atoms with Gasteiger partial charge < -0.3 is 5.32 Å². The van der Waals surface area contributed by atoms with Crippen LogP contribution in [0.5, 0.6) is 0 Å². The van der Waals surface area contributed by atoms with Crippen molar-refractivity contribution in [2.24, 2.45) is 0 Å². The van der Waals surface area contributed by atoms with Crippen molar-refractivity contribution in [3.63, 3.8) is 0 Å². The number of carbonyl (C=O) groups is 1. The van der Waals surface area contributed by atoms with Gasteiger partial charge in [-0.15, -0.1) is 0 Å². The molecule has 130 valence electrons. The Morgan fingerprint density at radius 3 is 2.54 bits per heavy atom. The summed E-state index contributed by atoms with van der Waals surface area (Å²) in [5.41, 5.74) is -1.07. The Morgan fingerprint density at radius 2 is 2.04 bits per heavy atom. The smallest absolute Gasteiger partial charge is 0.308 e. The third-order valence-electron chi connectivity index (χ3n) is 3.01. The Labute approximate surface area is 152 Å². The van der Waals surface area contributed by atoms with Crippen LogP contribution < -0.4 is 5.32 Å². The predicted molar refractivity (Wildman–Crippen MR) is 87.2 cm³/mol. The van der Waals surface area contributed by atoms with Crippen LogP contribution in [-0.2, 0) is 11.0 Å². The molecule has 1 amide bonds. The van der Waals surface area contributed by atoms with Crippen LogP contribution in [0.1, 0.15) is 31.5 Å². The van der Waals surface area contributed by atoms with Crippen molar-refractivity contribution in [3.05, 3.63) is 33.4 Å². The second-order valence-electron chi connectivity index (χ2n) is 4.82. The summed E-state index contributed by atoms with van der Waals surface area (Å²) in [5, 5.41) is 6.05. The molecule has 1 N–H and O–H groups in total. The Hall–Kier alpha value is -1.49. The number of nitrogens with one attached hydrogen (secondary N) is 1. The number of alkyl halides is 3. The fourth-order valence-corrected chi connectivity index (χ4v) is 2.68. The van der Waals surface area contributed by atoms with Crippen molar-refractivity contribution >= 4 is 43.6 Å². The average molecular weight is 471 g/mol. The highest BCUT2D eigenvalue weighted by Gasteiger charge is 2.37. The molecule has 1 atom stereocenters. The molecule has 2 aromatic rings. The second-order valence-corrected chi connectivity index (χ2v) is 6.49. The van der Waals surface area contributed by atoms with Gasteiger partial charge in [-0.1, -0.05) is 13.3 Å². The summed E-state index contributed by atoms with van der Waals surface area (Å²) in [6.45, 7) is 1.82. The minimum Gasteiger partial charge on any atom is -0.308 e. The van der Waals surface area contributed by atoms with E-state index in [0.717, 1.165) is 10.9 Å². The van der Waals surface area contributed by atoms with Gasteiger partial charge >= 0.3 is 6.18 Å². The molecule has 1 unspecified atom stereocenters. The third kappa shape index (κ3) is 4.53. The van der Waals surface area contributed by atoms with Gasteiger partial charge in [-0.2, -0.15) is 18.3 Å². The number of hydrogen-bond acceptors (Lipinski definition) is 4. The number of carbonyl (C=O) groups excluding carboxylic acids is 1. The summed E-state index contributed by atoms with van der Waals surface area (Å²) in [4.78, 5) is 20.3. The van der Waals surface area contributed by atoms with Gasteiger partial charge in [0.1, 0.15) is 10.6 Å². The summed E-state index contributed by atoms with van der Waals surface area (Å²) in [6, 6.07) is -0.896. The van der Waals surface area contributed by atoms with Crippen molar-refractivity contribution in [1.82, 2.24) is 19.7 Å². The lowest BCUT2D eigenvalue weighted by Crippen LogP contribution is -2.27. The molecule has 0 bridgehead atoms. The number of halogens is 5. The van der Waals surface area contributed by atoms with E-state index in [0.29, 0.717) is 17.4 Å².